The molecule has 0 bridgehead atoms. The second-order valence-corrected chi connectivity index (χ2v) is 2.37. The lowest BCUT2D eigenvalue weighted by Crippen LogP contribution is -2.24. The van der Waals surface area contributed by atoms with E-state index in [0.717, 1.165) is 26.1 Å². The van der Waals surface area contributed by atoms with Crippen molar-refractivity contribution in [3.63, 3.8) is 0 Å². The van der Waals surface area contributed by atoms with Gasteiger partial charge in [-0.25, -0.2) is 0 Å². The van der Waals surface area contributed by atoms with Crippen LogP contribution in [0.2, 0.25) is 0 Å². The van der Waals surface area contributed by atoms with E-state index in [-0.39, 0.29) is 4.70 Å². The Balaban J connectivity index is 0. The van der Waals surface area contributed by atoms with E-state index in [1.165, 1.54) is 6.54 Å². The summed E-state index contributed by atoms with van der Waals surface area (Å²) in [4.78, 5) is 2.40. The van der Waals surface area contributed by atoms with Gasteiger partial charge in [-0.3, -0.25) is 4.70 Å². The molecule has 0 aliphatic rings. The van der Waals surface area contributed by atoms with E-state index >= 15 is 0 Å². The zero-order valence-corrected chi connectivity index (χ0v) is 7.80. The van der Waals surface area contributed by atoms with Crippen molar-refractivity contribution in [2.75, 3.05) is 33.4 Å². The Labute approximate surface area is 68.9 Å². The average molecular weight is 165 g/mol. The molecule has 0 aromatic rings. The molecule has 0 spiro atoms. The zero-order valence-electron chi connectivity index (χ0n) is 7.80. The average Bonchev–Trinajstić information content (AvgIpc) is 1.99. The van der Waals surface area contributed by atoms with E-state index in [9.17, 15) is 0 Å². The number of hydrogen-bond acceptors (Lipinski definition) is 2. The number of nitrogens with zero attached hydrogens (tertiary/aromatic N) is 1. The SMILES string of the molecule is CCN(CC)CCCOC.F. The van der Waals surface area contributed by atoms with Crippen molar-refractivity contribution in [2.45, 2.75) is 20.3 Å². The van der Waals surface area contributed by atoms with Crippen molar-refractivity contribution in [3.05, 3.63) is 0 Å². The number of rotatable bonds is 6. The second-order valence-electron chi connectivity index (χ2n) is 2.37. The van der Waals surface area contributed by atoms with Crippen molar-refractivity contribution in [3.8, 4) is 0 Å². The van der Waals surface area contributed by atoms with Crippen LogP contribution >= 0.6 is 0 Å². The number of ether oxygens (including phenoxy) is 1. The Morgan fingerprint density at radius 3 is 2.09 bits per heavy atom. The maximum absolute atomic E-state index is 4.95. The Kier molecular flexibility index (Phi) is 12.0. The first-order chi connectivity index (χ1) is 4.85. The van der Waals surface area contributed by atoms with Crippen LogP contribution in [0.25, 0.3) is 0 Å². The molecule has 0 aliphatic carbocycles. The first-order valence-electron chi connectivity index (χ1n) is 4.06. The summed E-state index contributed by atoms with van der Waals surface area (Å²) >= 11 is 0. The summed E-state index contributed by atoms with van der Waals surface area (Å²) in [6, 6.07) is 0. The van der Waals surface area contributed by atoms with Crippen LogP contribution in [0.15, 0.2) is 0 Å². The topological polar surface area (TPSA) is 12.5 Å². The normalized spacial score (nSPS) is 9.82. The van der Waals surface area contributed by atoms with E-state index in [1.54, 1.807) is 7.11 Å². The molecule has 0 saturated heterocycles. The van der Waals surface area contributed by atoms with Gasteiger partial charge >= 0.3 is 0 Å². The lowest BCUT2D eigenvalue weighted by atomic mass is 10.4. The molecule has 0 amide bonds. The Hall–Kier alpha value is -0.150. The van der Waals surface area contributed by atoms with Gasteiger partial charge in [0.25, 0.3) is 0 Å². The molecular weight excluding hydrogens is 145 g/mol. The Morgan fingerprint density at radius 1 is 1.18 bits per heavy atom. The smallest absolute Gasteiger partial charge is 0.0474 e. The Bertz CT molecular complexity index is 67.1. The quantitative estimate of drug-likeness (QED) is 0.553. The molecule has 0 unspecified atom stereocenters. The fraction of sp³-hybridized carbons (Fsp3) is 1.00. The third-order valence-corrected chi connectivity index (χ3v) is 1.72. The van der Waals surface area contributed by atoms with Crippen LogP contribution in [-0.2, 0) is 4.74 Å². The highest BCUT2D eigenvalue weighted by atomic mass is 19.0. The summed E-state index contributed by atoms with van der Waals surface area (Å²) in [5.41, 5.74) is 0. The van der Waals surface area contributed by atoms with Crippen LogP contribution in [-0.4, -0.2) is 38.3 Å². The van der Waals surface area contributed by atoms with E-state index in [4.69, 9.17) is 4.74 Å². The summed E-state index contributed by atoms with van der Waals surface area (Å²) in [7, 11) is 1.75. The molecule has 0 aromatic heterocycles. The van der Waals surface area contributed by atoms with Gasteiger partial charge in [-0.2, -0.15) is 0 Å². The van der Waals surface area contributed by atoms with Crippen molar-refractivity contribution in [1.29, 1.82) is 0 Å². The summed E-state index contributed by atoms with van der Waals surface area (Å²) in [6.45, 7) is 8.74. The number of hydrogen-bond donors (Lipinski definition) is 0. The molecule has 0 N–H and O–H groups in total. The number of halogens is 1. The molecule has 0 radical (unpaired) electrons. The van der Waals surface area contributed by atoms with Crippen LogP contribution in [0.3, 0.4) is 0 Å². The van der Waals surface area contributed by atoms with Gasteiger partial charge in [0.2, 0.25) is 0 Å². The maximum Gasteiger partial charge on any atom is 0.0474 e. The molecule has 3 heteroatoms. The third kappa shape index (κ3) is 7.75. The molecule has 0 rings (SSSR count). The molecule has 70 valence electrons. The standard InChI is InChI=1S/C8H19NO.FH/c1-4-9(5-2)7-6-8-10-3;/h4-8H2,1-3H3;1H. The van der Waals surface area contributed by atoms with Crippen molar-refractivity contribution in [2.24, 2.45) is 0 Å². The maximum atomic E-state index is 4.95. The Morgan fingerprint density at radius 2 is 1.73 bits per heavy atom. The van der Waals surface area contributed by atoms with Crippen molar-refractivity contribution >= 4 is 0 Å². The van der Waals surface area contributed by atoms with Crippen LogP contribution in [0, 0.1) is 0 Å². The first-order valence-corrected chi connectivity index (χ1v) is 4.06. The fourth-order valence-electron chi connectivity index (χ4n) is 0.972. The van der Waals surface area contributed by atoms with Gasteiger partial charge in [0.15, 0.2) is 0 Å². The van der Waals surface area contributed by atoms with E-state index in [2.05, 4.69) is 18.7 Å². The van der Waals surface area contributed by atoms with E-state index < -0.39 is 0 Å². The molecule has 0 heterocycles. The third-order valence-electron chi connectivity index (χ3n) is 1.72. The van der Waals surface area contributed by atoms with Crippen LogP contribution in [0.4, 0.5) is 4.70 Å². The van der Waals surface area contributed by atoms with Crippen molar-refractivity contribution in [1.82, 2.24) is 4.90 Å². The van der Waals surface area contributed by atoms with Gasteiger partial charge < -0.3 is 9.64 Å². The van der Waals surface area contributed by atoms with Crippen LogP contribution in [0.1, 0.15) is 20.3 Å². The summed E-state index contributed by atoms with van der Waals surface area (Å²) in [6.07, 6.45) is 1.15. The van der Waals surface area contributed by atoms with Gasteiger partial charge in [-0.15, -0.1) is 0 Å². The molecule has 0 aliphatic heterocycles. The minimum atomic E-state index is 0. The predicted octanol–water partition coefficient (Wildman–Crippen LogP) is 1.52. The molecule has 11 heavy (non-hydrogen) atoms. The first kappa shape index (κ1) is 13.4. The molecule has 0 saturated carbocycles. The minimum Gasteiger partial charge on any atom is -0.385 e. The van der Waals surface area contributed by atoms with Gasteiger partial charge in [0, 0.05) is 20.3 Å². The summed E-state index contributed by atoms with van der Waals surface area (Å²) in [5.74, 6) is 0. The zero-order chi connectivity index (χ0) is 7.82. The van der Waals surface area contributed by atoms with Gasteiger partial charge in [0.05, 0.1) is 0 Å². The second kappa shape index (κ2) is 9.85. The number of methoxy groups -OCH3 is 1. The minimum absolute atomic E-state index is 0. The molecule has 2 nitrogen and oxygen atoms in total. The van der Waals surface area contributed by atoms with Gasteiger partial charge in [-0.05, 0) is 19.5 Å². The van der Waals surface area contributed by atoms with E-state index in [1.807, 2.05) is 0 Å². The monoisotopic (exact) mass is 165 g/mol. The molecular formula is C8H20FNO. The fourth-order valence-corrected chi connectivity index (χ4v) is 0.972. The highest BCUT2D eigenvalue weighted by Gasteiger charge is 1.96. The molecule has 0 aromatic carbocycles. The highest BCUT2D eigenvalue weighted by Crippen LogP contribution is 1.89. The largest absolute Gasteiger partial charge is 0.385 e. The van der Waals surface area contributed by atoms with Gasteiger partial charge in [0.1, 0.15) is 0 Å². The van der Waals surface area contributed by atoms with Gasteiger partial charge in [-0.1, -0.05) is 13.8 Å². The van der Waals surface area contributed by atoms with Crippen LogP contribution in [0.5, 0.6) is 0 Å². The van der Waals surface area contributed by atoms with Crippen molar-refractivity contribution < 1.29 is 9.44 Å². The van der Waals surface area contributed by atoms with E-state index in [0.29, 0.717) is 0 Å². The van der Waals surface area contributed by atoms with Crippen LogP contribution < -0.4 is 0 Å². The summed E-state index contributed by atoms with van der Waals surface area (Å²) in [5, 5.41) is 0. The lowest BCUT2D eigenvalue weighted by Gasteiger charge is -2.16. The molecule has 0 fully saturated rings. The lowest BCUT2D eigenvalue weighted by molar-refractivity contribution is 0.175. The summed E-state index contributed by atoms with van der Waals surface area (Å²) < 4.78 is 4.95. The predicted molar refractivity (Wildman–Crippen MR) is 46.8 cm³/mol. The highest BCUT2D eigenvalue weighted by molar-refractivity contribution is 4.50. The molecule has 0 atom stereocenters.